The van der Waals surface area contributed by atoms with Crippen molar-refractivity contribution in [2.24, 2.45) is 0 Å². The largest absolute Gasteiger partial charge is 0.113 e. The molecule has 0 spiro atoms. The van der Waals surface area contributed by atoms with Gasteiger partial charge in [0.15, 0.2) is 0 Å². The Morgan fingerprint density at radius 2 is 1.56 bits per heavy atom. The molecule has 0 fully saturated rings. The van der Waals surface area contributed by atoms with Crippen molar-refractivity contribution in [3.05, 3.63) is 70.2 Å². The minimum absolute atomic E-state index is 0.113. The van der Waals surface area contributed by atoms with Crippen LogP contribution in [-0.4, -0.2) is 0 Å². The lowest BCUT2D eigenvalue weighted by molar-refractivity contribution is 1.11. The van der Waals surface area contributed by atoms with Crippen LogP contribution in [0, 0.1) is 6.92 Å². The average Bonchev–Trinajstić information content (AvgIpc) is 2.30. The fourth-order valence-corrected chi connectivity index (χ4v) is 2.20. The molecule has 0 aliphatic heterocycles. The predicted octanol–water partition coefficient (Wildman–Crippen LogP) is 4.98. The Morgan fingerprint density at radius 1 is 0.938 bits per heavy atom. The van der Waals surface area contributed by atoms with Gasteiger partial charge in [0.05, 0.1) is 5.38 Å². The van der Waals surface area contributed by atoms with Crippen LogP contribution in [0.5, 0.6) is 0 Å². The Bertz CT molecular complexity index is 474. The molecule has 2 rings (SSSR count). The lowest BCUT2D eigenvalue weighted by Crippen LogP contribution is -1.95. The summed E-state index contributed by atoms with van der Waals surface area (Å²) in [6.07, 6.45) is 0. The number of alkyl halides is 1. The molecule has 2 aromatic rings. The van der Waals surface area contributed by atoms with Crippen LogP contribution in [0.3, 0.4) is 0 Å². The third-order valence-electron chi connectivity index (χ3n) is 2.62. The molecule has 1 atom stereocenters. The summed E-state index contributed by atoms with van der Waals surface area (Å²) in [7, 11) is 0. The molecule has 82 valence electrons. The first kappa shape index (κ1) is 11.5. The molecule has 16 heavy (non-hydrogen) atoms. The van der Waals surface area contributed by atoms with E-state index in [0.29, 0.717) is 0 Å². The van der Waals surface area contributed by atoms with E-state index in [0.717, 1.165) is 16.1 Å². The molecule has 2 heteroatoms. The molecule has 0 aliphatic rings. The molecule has 0 saturated heterocycles. The van der Waals surface area contributed by atoms with E-state index in [1.54, 1.807) is 0 Å². The van der Waals surface area contributed by atoms with Crippen molar-refractivity contribution in [1.82, 2.24) is 0 Å². The standard InChI is InChI=1S/C14H12Cl2/c1-10-4-2-3-5-13(10)14(16)11-6-8-12(15)9-7-11/h2-9,14H,1H3. The number of aryl methyl sites for hydroxylation is 1. The van der Waals surface area contributed by atoms with Gasteiger partial charge in [0.25, 0.3) is 0 Å². The molecule has 1 unspecified atom stereocenters. The van der Waals surface area contributed by atoms with Crippen molar-refractivity contribution in [2.75, 3.05) is 0 Å². The molecule has 0 bridgehead atoms. The smallest absolute Gasteiger partial charge is 0.0838 e. The molecule has 0 saturated carbocycles. The van der Waals surface area contributed by atoms with Crippen LogP contribution < -0.4 is 0 Å². The van der Waals surface area contributed by atoms with Crippen LogP contribution in [0.25, 0.3) is 0 Å². The van der Waals surface area contributed by atoms with Crippen LogP contribution >= 0.6 is 23.2 Å². The fraction of sp³-hybridized carbons (Fsp3) is 0.143. The highest BCUT2D eigenvalue weighted by Crippen LogP contribution is 2.31. The number of halogens is 2. The summed E-state index contributed by atoms with van der Waals surface area (Å²) in [5, 5.41) is 0.621. The van der Waals surface area contributed by atoms with E-state index in [-0.39, 0.29) is 5.38 Å². The van der Waals surface area contributed by atoms with Gasteiger partial charge in [-0.1, -0.05) is 48.0 Å². The lowest BCUT2D eigenvalue weighted by Gasteiger charge is -2.12. The molecular formula is C14H12Cl2. The summed E-state index contributed by atoms with van der Waals surface area (Å²) in [5.41, 5.74) is 3.42. The highest BCUT2D eigenvalue weighted by atomic mass is 35.5. The van der Waals surface area contributed by atoms with Gasteiger partial charge in [-0.3, -0.25) is 0 Å². The summed E-state index contributed by atoms with van der Waals surface area (Å²) < 4.78 is 0. The molecule has 0 heterocycles. The SMILES string of the molecule is Cc1ccccc1C(Cl)c1ccc(Cl)cc1. The zero-order chi connectivity index (χ0) is 11.5. The minimum atomic E-state index is -0.113. The van der Waals surface area contributed by atoms with Crippen molar-refractivity contribution in [3.63, 3.8) is 0 Å². The van der Waals surface area contributed by atoms with Crippen molar-refractivity contribution in [2.45, 2.75) is 12.3 Å². The van der Waals surface area contributed by atoms with E-state index >= 15 is 0 Å². The van der Waals surface area contributed by atoms with Gasteiger partial charge in [0, 0.05) is 5.02 Å². The monoisotopic (exact) mass is 250 g/mol. The first-order valence-electron chi connectivity index (χ1n) is 5.13. The van der Waals surface area contributed by atoms with E-state index in [1.165, 1.54) is 5.56 Å². The second-order valence-electron chi connectivity index (χ2n) is 3.77. The summed E-state index contributed by atoms with van der Waals surface area (Å²) in [6.45, 7) is 2.07. The van der Waals surface area contributed by atoms with Crippen molar-refractivity contribution in [3.8, 4) is 0 Å². The maximum absolute atomic E-state index is 6.45. The predicted molar refractivity (Wildman–Crippen MR) is 70.3 cm³/mol. The number of benzene rings is 2. The van der Waals surface area contributed by atoms with Crippen molar-refractivity contribution < 1.29 is 0 Å². The van der Waals surface area contributed by atoms with Crippen LogP contribution in [0.15, 0.2) is 48.5 Å². The second-order valence-corrected chi connectivity index (χ2v) is 4.64. The maximum atomic E-state index is 6.45. The average molecular weight is 251 g/mol. The first-order valence-corrected chi connectivity index (χ1v) is 5.95. The van der Waals surface area contributed by atoms with Gasteiger partial charge in [-0.15, -0.1) is 11.6 Å². The normalized spacial score (nSPS) is 12.4. The third-order valence-corrected chi connectivity index (χ3v) is 3.36. The summed E-state index contributed by atoms with van der Waals surface area (Å²) in [4.78, 5) is 0. The first-order chi connectivity index (χ1) is 7.68. The van der Waals surface area contributed by atoms with Gasteiger partial charge in [-0.05, 0) is 35.7 Å². The Morgan fingerprint density at radius 3 is 2.19 bits per heavy atom. The van der Waals surface area contributed by atoms with Crippen molar-refractivity contribution in [1.29, 1.82) is 0 Å². The lowest BCUT2D eigenvalue weighted by atomic mass is 10.0. The molecule has 0 radical (unpaired) electrons. The zero-order valence-corrected chi connectivity index (χ0v) is 10.5. The van der Waals surface area contributed by atoms with Gasteiger partial charge < -0.3 is 0 Å². The summed E-state index contributed by atoms with van der Waals surface area (Å²) in [6, 6.07) is 15.8. The number of hydrogen-bond acceptors (Lipinski definition) is 0. The Kier molecular flexibility index (Phi) is 3.52. The van der Waals surface area contributed by atoms with E-state index in [2.05, 4.69) is 19.1 Å². The van der Waals surface area contributed by atoms with E-state index < -0.39 is 0 Å². The van der Waals surface area contributed by atoms with Crippen molar-refractivity contribution >= 4 is 23.2 Å². The van der Waals surface area contributed by atoms with Gasteiger partial charge >= 0.3 is 0 Å². The number of hydrogen-bond donors (Lipinski definition) is 0. The number of rotatable bonds is 2. The van der Waals surface area contributed by atoms with Gasteiger partial charge in [-0.2, -0.15) is 0 Å². The quantitative estimate of drug-likeness (QED) is 0.660. The van der Waals surface area contributed by atoms with Gasteiger partial charge in [0.2, 0.25) is 0 Å². The molecule has 0 nitrogen and oxygen atoms in total. The molecule has 0 aliphatic carbocycles. The van der Waals surface area contributed by atoms with E-state index in [9.17, 15) is 0 Å². The van der Waals surface area contributed by atoms with E-state index in [4.69, 9.17) is 23.2 Å². The van der Waals surface area contributed by atoms with Crippen LogP contribution in [-0.2, 0) is 0 Å². The Balaban J connectivity index is 2.35. The van der Waals surface area contributed by atoms with Crippen LogP contribution in [0.1, 0.15) is 22.1 Å². The summed E-state index contributed by atoms with van der Waals surface area (Å²) >= 11 is 12.3. The fourth-order valence-electron chi connectivity index (χ4n) is 1.68. The molecule has 2 aromatic carbocycles. The third kappa shape index (κ3) is 2.40. The maximum Gasteiger partial charge on any atom is 0.0838 e. The molecular weight excluding hydrogens is 239 g/mol. The topological polar surface area (TPSA) is 0 Å². The molecule has 0 amide bonds. The highest BCUT2D eigenvalue weighted by molar-refractivity contribution is 6.30. The van der Waals surface area contributed by atoms with E-state index in [1.807, 2.05) is 36.4 Å². The zero-order valence-electron chi connectivity index (χ0n) is 8.95. The molecule has 0 aromatic heterocycles. The Labute approximate surface area is 106 Å². The van der Waals surface area contributed by atoms with Crippen LogP contribution in [0.2, 0.25) is 5.02 Å². The Hall–Kier alpha value is -0.980. The minimum Gasteiger partial charge on any atom is -0.113 e. The second kappa shape index (κ2) is 4.90. The summed E-state index contributed by atoms with van der Waals surface area (Å²) in [5.74, 6) is 0. The van der Waals surface area contributed by atoms with Gasteiger partial charge in [-0.25, -0.2) is 0 Å². The molecule has 0 N–H and O–H groups in total. The van der Waals surface area contributed by atoms with Crippen LogP contribution in [0.4, 0.5) is 0 Å². The van der Waals surface area contributed by atoms with Gasteiger partial charge in [0.1, 0.15) is 0 Å². The highest BCUT2D eigenvalue weighted by Gasteiger charge is 2.12.